The Kier molecular flexibility index (Phi) is 9.14. The van der Waals surface area contributed by atoms with Crippen LogP contribution in [0.15, 0.2) is 114 Å². The third-order valence-corrected chi connectivity index (χ3v) is 11.0. The number of aromatic nitrogens is 1. The molecule has 1 aromatic heterocycles. The molecule has 5 heteroatoms. The van der Waals surface area contributed by atoms with Gasteiger partial charge in [-0.15, -0.1) is 11.3 Å². The quantitative estimate of drug-likeness (QED) is 0.180. The van der Waals surface area contributed by atoms with Gasteiger partial charge in [-0.1, -0.05) is 117 Å². The number of nitrogens with zero attached hydrogens (tertiary/aromatic N) is 2. The Hall–Kier alpha value is -5.13. The fourth-order valence-electron chi connectivity index (χ4n) is 6.70. The Morgan fingerprint density at radius 1 is 0.623 bits per heavy atom. The summed E-state index contributed by atoms with van der Waals surface area (Å²) in [7, 11) is 0. The van der Waals surface area contributed by atoms with Crippen LogP contribution >= 0.6 is 11.3 Å². The Morgan fingerprint density at radius 3 is 1.89 bits per heavy atom. The van der Waals surface area contributed by atoms with E-state index >= 15 is 0 Å². The molecule has 0 amide bonds. The molecule has 0 aliphatic heterocycles. The van der Waals surface area contributed by atoms with E-state index in [4.69, 9.17) is 9.98 Å². The number of aromatic hydroxyl groups is 1. The minimum atomic E-state index is -0.235. The zero-order chi connectivity index (χ0) is 37.9. The van der Waals surface area contributed by atoms with Crippen molar-refractivity contribution in [1.29, 1.82) is 0 Å². The van der Waals surface area contributed by atoms with Gasteiger partial charge in [0.25, 0.3) is 0 Å². The van der Waals surface area contributed by atoms with Crippen molar-refractivity contribution in [1.82, 2.24) is 4.98 Å². The normalized spacial score (nSPS) is 12.7. The Bertz CT molecular complexity index is 2520. The Labute approximate surface area is 316 Å². The lowest BCUT2D eigenvalue weighted by molar-refractivity contribution is 0.444. The van der Waals surface area contributed by atoms with Crippen molar-refractivity contribution in [2.75, 3.05) is 0 Å². The number of hydrogen-bond acceptors (Lipinski definition) is 4. The van der Waals surface area contributed by atoms with Crippen molar-refractivity contribution < 1.29 is 9.50 Å². The van der Waals surface area contributed by atoms with Gasteiger partial charge in [-0.25, -0.2) is 9.37 Å². The second-order valence-electron chi connectivity index (χ2n) is 17.2. The molecule has 1 N–H and O–H groups in total. The van der Waals surface area contributed by atoms with Gasteiger partial charge in [0.05, 0.1) is 15.9 Å². The number of thiazole rings is 1. The molecule has 0 unspecified atom stereocenters. The Morgan fingerprint density at radius 2 is 1.23 bits per heavy atom. The van der Waals surface area contributed by atoms with Gasteiger partial charge in [-0.3, -0.25) is 4.99 Å². The smallest absolute Gasteiger partial charge is 0.128 e. The fraction of sp³-hybridized carbons (Fsp3) is 0.250. The molecule has 0 fully saturated rings. The van der Waals surface area contributed by atoms with Gasteiger partial charge in [-0.2, -0.15) is 0 Å². The van der Waals surface area contributed by atoms with Gasteiger partial charge in [0.15, 0.2) is 0 Å². The standard InChI is InChI=1S/C48H47FN2OS/c1-46(2,3)35-24-34(44(52)40(26-35)48(7,8)9)28-50-41-13-11-10-12-38(41)45-51-43-39(25-36(47(4,5)6)27-42(43)53-45)33-17-16-31-22-30(14-15-32(31)23-33)29-18-20-37(49)21-19-29/h10-28,52H,1-9H3. The van der Waals surface area contributed by atoms with Crippen LogP contribution < -0.4 is 0 Å². The number of halogens is 1. The van der Waals surface area contributed by atoms with E-state index in [1.165, 1.54) is 17.7 Å². The first-order valence-electron chi connectivity index (χ1n) is 18.2. The SMILES string of the molecule is CC(C)(C)c1cc(C=Nc2ccccc2-c2nc3c(-c4ccc5cc(-c6ccc(F)cc6)ccc5c4)cc(C(C)(C)C)cc3s2)c(O)c(C(C)(C)C)c1. The molecule has 0 radical (unpaired) electrons. The van der Waals surface area contributed by atoms with Gasteiger partial charge in [0, 0.05) is 28.5 Å². The van der Waals surface area contributed by atoms with Gasteiger partial charge >= 0.3 is 0 Å². The molecule has 7 aromatic rings. The van der Waals surface area contributed by atoms with Crippen LogP contribution in [0.3, 0.4) is 0 Å². The molecule has 1 heterocycles. The summed E-state index contributed by atoms with van der Waals surface area (Å²) in [5.74, 6) is 0.0365. The van der Waals surface area contributed by atoms with E-state index in [2.05, 4.69) is 129 Å². The summed E-state index contributed by atoms with van der Waals surface area (Å²) in [6, 6.07) is 36.5. The summed E-state index contributed by atoms with van der Waals surface area (Å²) < 4.78 is 14.7. The number of fused-ring (bicyclic) bond motifs is 2. The highest BCUT2D eigenvalue weighted by Gasteiger charge is 2.25. The van der Waals surface area contributed by atoms with E-state index in [1.807, 2.05) is 30.3 Å². The summed E-state index contributed by atoms with van der Waals surface area (Å²) in [4.78, 5) is 10.3. The van der Waals surface area contributed by atoms with Crippen LogP contribution in [0.2, 0.25) is 0 Å². The van der Waals surface area contributed by atoms with E-state index in [9.17, 15) is 9.50 Å². The van der Waals surface area contributed by atoms with E-state index in [-0.39, 0.29) is 27.8 Å². The molecular formula is C48H47FN2OS. The molecule has 0 saturated heterocycles. The fourth-order valence-corrected chi connectivity index (χ4v) is 7.77. The molecule has 0 bridgehead atoms. The molecule has 0 spiro atoms. The van der Waals surface area contributed by atoms with Crippen molar-refractivity contribution in [2.24, 2.45) is 4.99 Å². The summed E-state index contributed by atoms with van der Waals surface area (Å²) in [5.41, 5.74) is 10.6. The van der Waals surface area contributed by atoms with Crippen LogP contribution in [0.5, 0.6) is 5.75 Å². The molecule has 7 rings (SSSR count). The van der Waals surface area contributed by atoms with E-state index < -0.39 is 0 Å². The highest BCUT2D eigenvalue weighted by molar-refractivity contribution is 7.21. The van der Waals surface area contributed by atoms with Crippen molar-refractivity contribution >= 4 is 44.2 Å². The minimum absolute atomic E-state index is 0.0638. The zero-order valence-corrected chi connectivity index (χ0v) is 32.9. The average molecular weight is 719 g/mol. The topological polar surface area (TPSA) is 45.5 Å². The van der Waals surface area contributed by atoms with Crippen LogP contribution in [0, 0.1) is 5.82 Å². The van der Waals surface area contributed by atoms with Crippen LogP contribution in [-0.4, -0.2) is 16.3 Å². The van der Waals surface area contributed by atoms with Crippen molar-refractivity contribution in [3.05, 3.63) is 137 Å². The summed E-state index contributed by atoms with van der Waals surface area (Å²) in [6.07, 6.45) is 1.80. The number of phenolic OH excluding ortho intramolecular Hbond substituents is 1. The average Bonchev–Trinajstić information content (AvgIpc) is 3.54. The first kappa shape index (κ1) is 36.2. The van der Waals surface area contributed by atoms with E-state index in [0.717, 1.165) is 70.6 Å². The lowest BCUT2D eigenvalue weighted by Crippen LogP contribution is -2.17. The number of para-hydroxylation sites is 1. The monoisotopic (exact) mass is 718 g/mol. The van der Waals surface area contributed by atoms with Crippen molar-refractivity contribution in [3.8, 4) is 38.6 Å². The first-order chi connectivity index (χ1) is 25.0. The molecule has 53 heavy (non-hydrogen) atoms. The molecule has 6 aromatic carbocycles. The second-order valence-corrected chi connectivity index (χ2v) is 18.2. The molecule has 0 aliphatic carbocycles. The van der Waals surface area contributed by atoms with Crippen molar-refractivity contribution in [3.63, 3.8) is 0 Å². The zero-order valence-electron chi connectivity index (χ0n) is 32.1. The van der Waals surface area contributed by atoms with Crippen LogP contribution in [-0.2, 0) is 16.2 Å². The molecule has 3 nitrogen and oxygen atoms in total. The summed E-state index contributed by atoms with van der Waals surface area (Å²) in [6.45, 7) is 19.7. The maximum absolute atomic E-state index is 13.6. The lowest BCUT2D eigenvalue weighted by atomic mass is 9.79. The van der Waals surface area contributed by atoms with Gasteiger partial charge < -0.3 is 5.11 Å². The molecule has 0 atom stereocenters. The number of aliphatic imine (C=N–C) groups is 1. The summed E-state index contributed by atoms with van der Waals surface area (Å²) in [5, 5.41) is 14.6. The molecular weight excluding hydrogens is 672 g/mol. The van der Waals surface area contributed by atoms with Crippen LogP contribution in [0.4, 0.5) is 10.1 Å². The molecule has 0 saturated carbocycles. The lowest BCUT2D eigenvalue weighted by Gasteiger charge is -2.27. The van der Waals surface area contributed by atoms with E-state index in [0.29, 0.717) is 5.56 Å². The maximum atomic E-state index is 13.6. The predicted molar refractivity (Wildman–Crippen MR) is 225 cm³/mol. The minimum Gasteiger partial charge on any atom is -0.507 e. The molecule has 0 aliphatic rings. The third kappa shape index (κ3) is 7.41. The number of hydrogen-bond donors (Lipinski definition) is 1. The molecule has 268 valence electrons. The highest BCUT2D eigenvalue weighted by atomic mass is 32.1. The van der Waals surface area contributed by atoms with Crippen LogP contribution in [0.1, 0.15) is 84.6 Å². The van der Waals surface area contributed by atoms with E-state index in [1.54, 1.807) is 17.6 Å². The number of benzene rings is 6. The van der Waals surface area contributed by atoms with Gasteiger partial charge in [-0.05, 0) is 109 Å². The maximum Gasteiger partial charge on any atom is 0.128 e. The number of rotatable bonds is 5. The number of phenols is 1. The van der Waals surface area contributed by atoms with Gasteiger partial charge in [0.1, 0.15) is 16.6 Å². The van der Waals surface area contributed by atoms with Gasteiger partial charge in [0.2, 0.25) is 0 Å². The van der Waals surface area contributed by atoms with Crippen molar-refractivity contribution in [2.45, 2.75) is 78.6 Å². The largest absolute Gasteiger partial charge is 0.507 e. The summed E-state index contributed by atoms with van der Waals surface area (Å²) >= 11 is 1.68. The van der Waals surface area contributed by atoms with Crippen LogP contribution in [0.25, 0.3) is 53.8 Å². The second kappa shape index (κ2) is 13.4. The highest BCUT2D eigenvalue weighted by Crippen LogP contribution is 2.43. The Balaban J connectivity index is 1.32. The predicted octanol–water partition coefficient (Wildman–Crippen LogP) is 13.9. The third-order valence-electron chi connectivity index (χ3n) is 9.98. The first-order valence-corrected chi connectivity index (χ1v) is 19.0.